The number of halogens is 1. The first-order valence-electron chi connectivity index (χ1n) is 6.71. The molecule has 108 valence electrons. The highest BCUT2D eigenvalue weighted by Crippen LogP contribution is 2.21. The van der Waals surface area contributed by atoms with Gasteiger partial charge < -0.3 is 5.11 Å². The van der Waals surface area contributed by atoms with Crippen molar-refractivity contribution in [3.05, 3.63) is 75.9 Å². The van der Waals surface area contributed by atoms with Crippen molar-refractivity contribution >= 4 is 45.0 Å². The molecule has 4 heteroatoms. The van der Waals surface area contributed by atoms with Gasteiger partial charge in [-0.3, -0.25) is 0 Å². The van der Waals surface area contributed by atoms with Gasteiger partial charge >= 0.3 is 5.97 Å². The molecule has 0 bridgehead atoms. The molecule has 3 aromatic rings. The fourth-order valence-electron chi connectivity index (χ4n) is 2.24. The molecule has 0 spiro atoms. The fourth-order valence-corrected chi connectivity index (χ4v) is 2.65. The summed E-state index contributed by atoms with van der Waals surface area (Å²) in [6.45, 7) is 0. The average Bonchev–Trinajstić information content (AvgIpc) is 2.53. The Bertz CT molecular complexity index is 887. The monoisotopic (exact) mass is 353 g/mol. The number of hydrogen-bond acceptors (Lipinski definition) is 2. The minimum atomic E-state index is -0.941. The van der Waals surface area contributed by atoms with E-state index < -0.39 is 5.97 Å². The van der Waals surface area contributed by atoms with Crippen LogP contribution >= 0.6 is 15.9 Å². The molecule has 0 saturated carbocycles. The lowest BCUT2D eigenvalue weighted by Gasteiger charge is -2.03. The Labute approximate surface area is 136 Å². The zero-order valence-electron chi connectivity index (χ0n) is 11.5. The molecule has 1 heterocycles. The maximum absolute atomic E-state index is 11.2. The molecule has 0 fully saturated rings. The van der Waals surface area contributed by atoms with Crippen LogP contribution < -0.4 is 0 Å². The Hall–Kier alpha value is -2.46. The number of carboxylic acids is 1. The van der Waals surface area contributed by atoms with Crippen LogP contribution in [0.4, 0.5) is 0 Å². The zero-order chi connectivity index (χ0) is 15.5. The van der Waals surface area contributed by atoms with Gasteiger partial charge in [0, 0.05) is 9.86 Å². The predicted octanol–water partition coefficient (Wildman–Crippen LogP) is 4.87. The van der Waals surface area contributed by atoms with E-state index >= 15 is 0 Å². The molecular weight excluding hydrogens is 342 g/mol. The molecule has 0 aliphatic heterocycles. The molecule has 3 rings (SSSR count). The summed E-state index contributed by atoms with van der Waals surface area (Å²) >= 11 is 3.50. The summed E-state index contributed by atoms with van der Waals surface area (Å²) in [5, 5.41) is 9.83. The molecule has 0 radical (unpaired) electrons. The highest BCUT2D eigenvalue weighted by atomic mass is 79.9. The molecule has 0 atom stereocenters. The van der Waals surface area contributed by atoms with Crippen molar-refractivity contribution in [3.8, 4) is 0 Å². The van der Waals surface area contributed by atoms with Crippen LogP contribution in [0, 0.1) is 0 Å². The van der Waals surface area contributed by atoms with E-state index in [-0.39, 0.29) is 5.56 Å². The SMILES string of the molecule is O=C(O)c1cccc2nc(/C=C/c3ccccc3Br)ccc12. The van der Waals surface area contributed by atoms with E-state index in [0.29, 0.717) is 10.9 Å². The molecule has 0 aliphatic carbocycles. The molecule has 1 N–H and O–H groups in total. The molecule has 22 heavy (non-hydrogen) atoms. The first-order chi connectivity index (χ1) is 10.6. The second-order valence-electron chi connectivity index (χ2n) is 4.77. The first kappa shape index (κ1) is 14.5. The number of hydrogen-bond donors (Lipinski definition) is 1. The predicted molar refractivity (Wildman–Crippen MR) is 91.8 cm³/mol. The Morgan fingerprint density at radius 3 is 2.59 bits per heavy atom. The van der Waals surface area contributed by atoms with E-state index in [9.17, 15) is 9.90 Å². The highest BCUT2D eigenvalue weighted by molar-refractivity contribution is 9.10. The van der Waals surface area contributed by atoms with Gasteiger partial charge in [-0.2, -0.15) is 0 Å². The second-order valence-corrected chi connectivity index (χ2v) is 5.62. The van der Waals surface area contributed by atoms with Crippen LogP contribution in [0.3, 0.4) is 0 Å². The van der Waals surface area contributed by atoms with Gasteiger partial charge in [-0.1, -0.05) is 46.3 Å². The van der Waals surface area contributed by atoms with E-state index in [1.807, 2.05) is 48.6 Å². The van der Waals surface area contributed by atoms with Crippen molar-refractivity contribution < 1.29 is 9.90 Å². The fraction of sp³-hybridized carbons (Fsp3) is 0. The standard InChI is InChI=1S/C18H12BrNO2/c19-16-6-2-1-4-12(16)8-9-13-10-11-14-15(18(21)22)5-3-7-17(14)20-13/h1-11H,(H,21,22)/b9-8+. The number of aromatic carboxylic acids is 1. The third-order valence-corrected chi connectivity index (χ3v) is 4.04. The van der Waals surface area contributed by atoms with Crippen molar-refractivity contribution in [2.45, 2.75) is 0 Å². The van der Waals surface area contributed by atoms with Gasteiger partial charge in [0.05, 0.1) is 16.8 Å². The van der Waals surface area contributed by atoms with Crippen LogP contribution in [0.1, 0.15) is 21.6 Å². The van der Waals surface area contributed by atoms with Gasteiger partial charge in [0.2, 0.25) is 0 Å². The zero-order valence-corrected chi connectivity index (χ0v) is 13.1. The molecule has 0 unspecified atom stereocenters. The maximum Gasteiger partial charge on any atom is 0.336 e. The van der Waals surface area contributed by atoms with E-state index in [1.165, 1.54) is 0 Å². The van der Waals surface area contributed by atoms with E-state index in [2.05, 4.69) is 20.9 Å². The molecular formula is C18H12BrNO2. The smallest absolute Gasteiger partial charge is 0.336 e. The summed E-state index contributed by atoms with van der Waals surface area (Å²) in [5.74, 6) is -0.941. The van der Waals surface area contributed by atoms with Gasteiger partial charge in [-0.15, -0.1) is 0 Å². The van der Waals surface area contributed by atoms with Gasteiger partial charge in [-0.05, 0) is 42.0 Å². The van der Waals surface area contributed by atoms with Crippen LogP contribution in [0.5, 0.6) is 0 Å². The first-order valence-corrected chi connectivity index (χ1v) is 7.50. The Balaban J connectivity index is 2.00. The van der Waals surface area contributed by atoms with Crippen molar-refractivity contribution in [2.75, 3.05) is 0 Å². The largest absolute Gasteiger partial charge is 0.478 e. The van der Waals surface area contributed by atoms with Gasteiger partial charge in [0.25, 0.3) is 0 Å². The third-order valence-electron chi connectivity index (χ3n) is 3.32. The maximum atomic E-state index is 11.2. The minimum absolute atomic E-state index is 0.270. The quantitative estimate of drug-likeness (QED) is 0.730. The number of nitrogens with zero attached hydrogens (tertiary/aromatic N) is 1. The van der Waals surface area contributed by atoms with Crippen molar-refractivity contribution in [3.63, 3.8) is 0 Å². The summed E-state index contributed by atoms with van der Waals surface area (Å²) < 4.78 is 1.01. The van der Waals surface area contributed by atoms with Gasteiger partial charge in [-0.25, -0.2) is 9.78 Å². The lowest BCUT2D eigenvalue weighted by Crippen LogP contribution is -1.98. The van der Waals surface area contributed by atoms with Crippen LogP contribution in [0.2, 0.25) is 0 Å². The molecule has 3 nitrogen and oxygen atoms in total. The van der Waals surface area contributed by atoms with E-state index in [0.717, 1.165) is 15.7 Å². The normalized spacial score (nSPS) is 11.1. The van der Waals surface area contributed by atoms with E-state index in [4.69, 9.17) is 0 Å². The van der Waals surface area contributed by atoms with E-state index in [1.54, 1.807) is 18.2 Å². The van der Waals surface area contributed by atoms with Gasteiger partial charge in [0.15, 0.2) is 0 Å². The van der Waals surface area contributed by atoms with Gasteiger partial charge in [0.1, 0.15) is 0 Å². The number of carboxylic acid groups (broad SMARTS) is 1. The van der Waals surface area contributed by atoms with Crippen LogP contribution in [-0.2, 0) is 0 Å². The molecule has 1 aromatic heterocycles. The number of rotatable bonds is 3. The van der Waals surface area contributed by atoms with Crippen molar-refractivity contribution in [1.82, 2.24) is 4.98 Å². The summed E-state index contributed by atoms with van der Waals surface area (Å²) in [7, 11) is 0. The average molecular weight is 354 g/mol. The summed E-state index contributed by atoms with van der Waals surface area (Å²) in [6, 6.07) is 16.6. The number of carbonyl (C=O) groups is 1. The number of pyridine rings is 1. The second kappa shape index (κ2) is 6.12. The Morgan fingerprint density at radius 2 is 1.82 bits per heavy atom. The minimum Gasteiger partial charge on any atom is -0.478 e. The van der Waals surface area contributed by atoms with Crippen molar-refractivity contribution in [1.29, 1.82) is 0 Å². The molecule has 0 saturated heterocycles. The molecule has 0 amide bonds. The molecule has 2 aromatic carbocycles. The lowest BCUT2D eigenvalue weighted by molar-refractivity contribution is 0.0699. The summed E-state index contributed by atoms with van der Waals surface area (Å²) in [6.07, 6.45) is 3.88. The Morgan fingerprint density at radius 1 is 1.00 bits per heavy atom. The lowest BCUT2D eigenvalue weighted by atomic mass is 10.1. The van der Waals surface area contributed by atoms with Crippen molar-refractivity contribution in [2.24, 2.45) is 0 Å². The Kier molecular flexibility index (Phi) is 4.02. The third kappa shape index (κ3) is 2.92. The highest BCUT2D eigenvalue weighted by Gasteiger charge is 2.08. The number of fused-ring (bicyclic) bond motifs is 1. The topological polar surface area (TPSA) is 50.2 Å². The molecule has 0 aliphatic rings. The summed E-state index contributed by atoms with van der Waals surface area (Å²) in [4.78, 5) is 15.7. The number of aromatic nitrogens is 1. The van der Waals surface area contributed by atoms with Crippen LogP contribution in [0.15, 0.2) is 59.1 Å². The summed E-state index contributed by atoms with van der Waals surface area (Å²) in [5.41, 5.74) is 2.79. The van der Waals surface area contributed by atoms with Crippen LogP contribution in [-0.4, -0.2) is 16.1 Å². The van der Waals surface area contributed by atoms with Crippen LogP contribution in [0.25, 0.3) is 23.1 Å². The number of benzene rings is 2.